The number of hydrogen-bond donors (Lipinski definition) is 3. The van der Waals surface area contributed by atoms with Crippen molar-refractivity contribution in [3.8, 4) is 0 Å². The number of hydrogen-bond acceptors (Lipinski definition) is 5. The van der Waals surface area contributed by atoms with Gasteiger partial charge in [0.2, 0.25) is 0 Å². The highest BCUT2D eigenvalue weighted by molar-refractivity contribution is 5.73. The Hall–Kier alpha value is -1.55. The van der Waals surface area contributed by atoms with Gasteiger partial charge in [0, 0.05) is 25.7 Å². The van der Waals surface area contributed by atoms with Crippen LogP contribution in [0.3, 0.4) is 0 Å². The third kappa shape index (κ3) is 7.92. The number of amides is 1. The molecule has 0 aromatic carbocycles. The van der Waals surface area contributed by atoms with Gasteiger partial charge in [-0.25, -0.2) is 9.59 Å². The molecule has 158 valence electrons. The van der Waals surface area contributed by atoms with Crippen LogP contribution in [0.2, 0.25) is 0 Å². The lowest BCUT2D eigenvalue weighted by molar-refractivity contribution is -0.192. The summed E-state index contributed by atoms with van der Waals surface area (Å²) in [5.74, 6) is -2.76. The van der Waals surface area contributed by atoms with Crippen molar-refractivity contribution < 1.29 is 37.7 Å². The number of ether oxygens (including phenoxy) is 1. The summed E-state index contributed by atoms with van der Waals surface area (Å²) in [5, 5.41) is 19.3. The lowest BCUT2D eigenvalue weighted by atomic mass is 9.60. The number of aliphatic hydroxyl groups is 1. The van der Waals surface area contributed by atoms with Crippen LogP contribution in [0.25, 0.3) is 0 Å². The molecule has 2 fully saturated rings. The number of nitrogens with one attached hydrogen (secondary N) is 1. The Labute approximate surface area is 156 Å². The zero-order chi connectivity index (χ0) is 20.9. The Bertz CT molecular complexity index is 504. The maximum Gasteiger partial charge on any atom is 0.490 e. The number of likely N-dealkylation sites (tertiary alicyclic amines) is 1. The van der Waals surface area contributed by atoms with E-state index in [1.165, 1.54) is 12.8 Å². The molecule has 0 atom stereocenters. The van der Waals surface area contributed by atoms with Crippen molar-refractivity contribution in [1.82, 2.24) is 10.2 Å². The van der Waals surface area contributed by atoms with Crippen molar-refractivity contribution in [3.63, 3.8) is 0 Å². The van der Waals surface area contributed by atoms with E-state index in [9.17, 15) is 18.0 Å². The Morgan fingerprint density at radius 2 is 1.67 bits per heavy atom. The first kappa shape index (κ1) is 23.5. The van der Waals surface area contributed by atoms with E-state index < -0.39 is 17.7 Å². The molecule has 2 rings (SSSR count). The Kier molecular flexibility index (Phi) is 7.91. The zero-order valence-corrected chi connectivity index (χ0v) is 15.9. The second-order valence-corrected chi connectivity index (χ2v) is 8.05. The molecule has 0 unspecified atom stereocenters. The van der Waals surface area contributed by atoms with Gasteiger partial charge < -0.3 is 25.2 Å². The molecule has 3 N–H and O–H groups in total. The number of carbonyl (C=O) groups excluding carboxylic acids is 1. The summed E-state index contributed by atoms with van der Waals surface area (Å²) >= 11 is 0. The summed E-state index contributed by atoms with van der Waals surface area (Å²) in [7, 11) is 0. The van der Waals surface area contributed by atoms with Crippen LogP contribution in [0.5, 0.6) is 0 Å². The number of carbonyl (C=O) groups is 2. The number of alkyl halides is 3. The molecular formula is C17H29F3N2O5. The van der Waals surface area contributed by atoms with Gasteiger partial charge in [-0.1, -0.05) is 0 Å². The largest absolute Gasteiger partial charge is 0.490 e. The molecule has 0 radical (unpaired) electrons. The van der Waals surface area contributed by atoms with Crippen LogP contribution in [0.15, 0.2) is 0 Å². The molecule has 1 heterocycles. The molecule has 0 aromatic rings. The molecule has 0 bridgehead atoms. The van der Waals surface area contributed by atoms with Crippen molar-refractivity contribution in [3.05, 3.63) is 0 Å². The second kappa shape index (κ2) is 9.09. The third-order valence-electron chi connectivity index (χ3n) is 4.62. The van der Waals surface area contributed by atoms with E-state index in [1.807, 2.05) is 25.7 Å². The number of aliphatic carboxylic acids is 1. The number of aliphatic hydroxyl groups excluding tert-OH is 1. The Morgan fingerprint density at radius 1 is 1.19 bits per heavy atom. The van der Waals surface area contributed by atoms with Crippen LogP contribution in [-0.4, -0.2) is 71.2 Å². The highest BCUT2D eigenvalue weighted by Gasteiger charge is 2.46. The lowest BCUT2D eigenvalue weighted by Crippen LogP contribution is -2.55. The average molecular weight is 398 g/mol. The molecule has 1 aliphatic heterocycles. The Morgan fingerprint density at radius 3 is 2.04 bits per heavy atom. The first-order chi connectivity index (χ1) is 12.3. The number of piperidine rings is 1. The molecule has 27 heavy (non-hydrogen) atoms. The standard InChI is InChI=1S/C15H28N2O3.C2HF3O2/c1-14(2,3)20-13(19)17-7-4-15(5-8-17)10-12(11-15)16-6-9-18;3-2(4,5)1(6)7/h12,16,18H,4-11H2,1-3H3;(H,6,7). The molecular weight excluding hydrogens is 369 g/mol. The van der Waals surface area contributed by atoms with Crippen LogP contribution >= 0.6 is 0 Å². The zero-order valence-electron chi connectivity index (χ0n) is 15.9. The minimum atomic E-state index is -5.08. The minimum absolute atomic E-state index is 0.179. The van der Waals surface area contributed by atoms with Gasteiger partial charge in [0.15, 0.2) is 0 Å². The summed E-state index contributed by atoms with van der Waals surface area (Å²) in [6, 6.07) is 0.551. The van der Waals surface area contributed by atoms with Gasteiger partial charge in [0.25, 0.3) is 0 Å². The number of carboxylic acids is 1. The lowest BCUT2D eigenvalue weighted by Gasteiger charge is -2.52. The van der Waals surface area contributed by atoms with Crippen LogP contribution < -0.4 is 5.32 Å². The molecule has 1 aliphatic carbocycles. The molecule has 1 amide bonds. The maximum atomic E-state index is 12.0. The van der Waals surface area contributed by atoms with E-state index in [-0.39, 0.29) is 12.7 Å². The fraction of sp³-hybridized carbons (Fsp3) is 0.882. The van der Waals surface area contributed by atoms with Crippen molar-refractivity contribution in [2.45, 2.75) is 64.3 Å². The van der Waals surface area contributed by atoms with E-state index in [1.54, 1.807) is 0 Å². The van der Waals surface area contributed by atoms with E-state index in [0.717, 1.165) is 25.9 Å². The van der Waals surface area contributed by atoms with Gasteiger partial charge in [-0.3, -0.25) is 0 Å². The predicted molar refractivity (Wildman–Crippen MR) is 91.3 cm³/mol. The molecule has 1 saturated heterocycles. The molecule has 1 spiro atoms. The van der Waals surface area contributed by atoms with Crippen LogP contribution in [0, 0.1) is 5.41 Å². The molecule has 7 nitrogen and oxygen atoms in total. The van der Waals surface area contributed by atoms with Crippen LogP contribution in [0.1, 0.15) is 46.5 Å². The van der Waals surface area contributed by atoms with Crippen molar-refractivity contribution in [1.29, 1.82) is 0 Å². The van der Waals surface area contributed by atoms with E-state index >= 15 is 0 Å². The first-order valence-corrected chi connectivity index (χ1v) is 8.90. The van der Waals surface area contributed by atoms with Gasteiger partial charge in [0.1, 0.15) is 5.60 Å². The molecule has 1 saturated carbocycles. The van der Waals surface area contributed by atoms with Crippen molar-refractivity contribution >= 4 is 12.1 Å². The van der Waals surface area contributed by atoms with E-state index in [0.29, 0.717) is 18.0 Å². The fourth-order valence-electron chi connectivity index (χ4n) is 3.30. The number of halogens is 3. The van der Waals surface area contributed by atoms with Gasteiger partial charge in [-0.2, -0.15) is 13.2 Å². The summed E-state index contributed by atoms with van der Waals surface area (Å²) in [6.45, 7) is 8.21. The minimum Gasteiger partial charge on any atom is -0.475 e. The summed E-state index contributed by atoms with van der Waals surface area (Å²) in [4.78, 5) is 22.7. The average Bonchev–Trinajstić information content (AvgIpc) is 2.49. The highest BCUT2D eigenvalue weighted by atomic mass is 19.4. The third-order valence-corrected chi connectivity index (χ3v) is 4.62. The van der Waals surface area contributed by atoms with Crippen LogP contribution in [0.4, 0.5) is 18.0 Å². The summed E-state index contributed by atoms with van der Waals surface area (Å²) in [6.07, 6.45) is -0.765. The highest BCUT2D eigenvalue weighted by Crippen LogP contribution is 2.49. The van der Waals surface area contributed by atoms with Gasteiger partial charge in [0.05, 0.1) is 6.61 Å². The summed E-state index contributed by atoms with van der Waals surface area (Å²) < 4.78 is 37.2. The topological polar surface area (TPSA) is 99.1 Å². The SMILES string of the molecule is CC(C)(C)OC(=O)N1CCC2(CC1)CC(NCCO)C2.O=C(O)C(F)(F)F. The van der Waals surface area contributed by atoms with Gasteiger partial charge >= 0.3 is 18.2 Å². The van der Waals surface area contributed by atoms with Gasteiger partial charge in [-0.15, -0.1) is 0 Å². The predicted octanol–water partition coefficient (Wildman–Crippen LogP) is 2.38. The molecule has 10 heteroatoms. The first-order valence-electron chi connectivity index (χ1n) is 8.90. The number of carboxylic acid groups (broad SMARTS) is 1. The monoisotopic (exact) mass is 398 g/mol. The molecule has 2 aliphatic rings. The number of rotatable bonds is 3. The fourth-order valence-corrected chi connectivity index (χ4v) is 3.30. The van der Waals surface area contributed by atoms with E-state index in [4.69, 9.17) is 19.7 Å². The quantitative estimate of drug-likeness (QED) is 0.675. The smallest absolute Gasteiger partial charge is 0.475 e. The van der Waals surface area contributed by atoms with Crippen molar-refractivity contribution in [2.75, 3.05) is 26.2 Å². The van der Waals surface area contributed by atoms with Crippen molar-refractivity contribution in [2.24, 2.45) is 5.41 Å². The van der Waals surface area contributed by atoms with Gasteiger partial charge in [-0.05, 0) is 51.9 Å². The van der Waals surface area contributed by atoms with Crippen LogP contribution in [-0.2, 0) is 9.53 Å². The number of nitrogens with zero attached hydrogens (tertiary/aromatic N) is 1. The maximum absolute atomic E-state index is 12.0. The normalized spacial score (nSPS) is 19.7. The van der Waals surface area contributed by atoms with E-state index in [2.05, 4.69) is 5.32 Å². The molecule has 0 aromatic heterocycles. The Balaban J connectivity index is 0.000000445. The summed E-state index contributed by atoms with van der Waals surface area (Å²) in [5.41, 5.74) is 0.00757. The second-order valence-electron chi connectivity index (χ2n) is 8.05.